The van der Waals surface area contributed by atoms with Crippen molar-refractivity contribution in [3.63, 3.8) is 0 Å². The Morgan fingerprint density at radius 1 is 1.26 bits per heavy atom. The molecule has 0 saturated carbocycles. The molecular weight excluding hydrogens is 429 g/mol. The van der Waals surface area contributed by atoms with E-state index in [4.69, 9.17) is 4.74 Å². The van der Waals surface area contributed by atoms with E-state index < -0.39 is 9.84 Å². The third-order valence-corrected chi connectivity index (χ3v) is 3.92. The normalized spacial score (nSPS) is 13.1. The van der Waals surface area contributed by atoms with Crippen LogP contribution < -0.4 is 10.6 Å². The number of rotatable bonds is 8. The Hall–Kier alpha value is -0.870. The van der Waals surface area contributed by atoms with Gasteiger partial charge >= 0.3 is 0 Å². The highest BCUT2D eigenvalue weighted by Gasteiger charge is 2.06. The van der Waals surface area contributed by atoms with Crippen molar-refractivity contribution in [3.05, 3.63) is 35.9 Å². The summed E-state index contributed by atoms with van der Waals surface area (Å²) < 4.78 is 27.2. The lowest BCUT2D eigenvalue weighted by molar-refractivity contribution is 0.154. The number of aliphatic imine (C=N–C) groups is 1. The van der Waals surface area contributed by atoms with Gasteiger partial charge in [-0.05, 0) is 12.5 Å². The van der Waals surface area contributed by atoms with Crippen molar-refractivity contribution in [3.8, 4) is 0 Å². The largest absolute Gasteiger partial charge is 0.379 e. The molecule has 6 nitrogen and oxygen atoms in total. The van der Waals surface area contributed by atoms with Gasteiger partial charge in [-0.25, -0.2) is 8.42 Å². The number of hydrogen-bond donors (Lipinski definition) is 2. The van der Waals surface area contributed by atoms with Gasteiger partial charge in [-0.2, -0.15) is 0 Å². The maximum absolute atomic E-state index is 10.9. The standard InChI is InChI=1S/C15H25N3O3S.HI/c1-13(14-7-5-4-6-8-14)18-15(16-2)17-9-10-21-11-12-22(3,19)20;/h4-8,13H,9-12H2,1-3H3,(H2,16,17,18);1H. The van der Waals surface area contributed by atoms with Crippen LogP contribution in [0.3, 0.4) is 0 Å². The predicted octanol–water partition coefficient (Wildman–Crippen LogP) is 1.59. The number of hydrogen-bond acceptors (Lipinski definition) is 4. The molecule has 0 aliphatic rings. The Morgan fingerprint density at radius 2 is 1.91 bits per heavy atom. The van der Waals surface area contributed by atoms with Crippen LogP contribution >= 0.6 is 24.0 Å². The minimum atomic E-state index is -2.96. The number of ether oxygens (including phenoxy) is 1. The summed E-state index contributed by atoms with van der Waals surface area (Å²) in [6.45, 7) is 3.26. The average molecular weight is 455 g/mol. The molecule has 1 unspecified atom stereocenters. The summed E-state index contributed by atoms with van der Waals surface area (Å²) in [7, 11) is -1.25. The second kappa shape index (κ2) is 11.6. The maximum Gasteiger partial charge on any atom is 0.191 e. The van der Waals surface area contributed by atoms with Crippen LogP contribution in [0.25, 0.3) is 0 Å². The third kappa shape index (κ3) is 10.5. The molecule has 2 N–H and O–H groups in total. The molecule has 0 fully saturated rings. The number of halogens is 1. The Bertz CT molecular complexity index is 565. The third-order valence-electron chi connectivity index (χ3n) is 3.01. The maximum atomic E-state index is 10.9. The summed E-state index contributed by atoms with van der Waals surface area (Å²) in [4.78, 5) is 4.15. The van der Waals surface area contributed by atoms with E-state index in [0.717, 1.165) is 0 Å². The van der Waals surface area contributed by atoms with Gasteiger partial charge in [0, 0.05) is 19.8 Å². The van der Waals surface area contributed by atoms with Gasteiger partial charge in [0.25, 0.3) is 0 Å². The van der Waals surface area contributed by atoms with E-state index in [-0.39, 0.29) is 42.4 Å². The molecule has 0 aromatic heterocycles. The molecule has 0 saturated heterocycles. The first-order chi connectivity index (χ1) is 10.4. The molecule has 0 spiro atoms. The first-order valence-electron chi connectivity index (χ1n) is 7.20. The van der Waals surface area contributed by atoms with Crippen LogP contribution in [0.2, 0.25) is 0 Å². The summed E-state index contributed by atoms with van der Waals surface area (Å²) in [5.74, 6) is 0.730. The number of nitrogens with zero attached hydrogens (tertiary/aromatic N) is 1. The Kier molecular flexibility index (Phi) is 11.2. The van der Waals surface area contributed by atoms with Crippen molar-refractivity contribution in [1.29, 1.82) is 0 Å². The van der Waals surface area contributed by atoms with Gasteiger partial charge in [0.15, 0.2) is 5.96 Å². The minimum Gasteiger partial charge on any atom is -0.379 e. The zero-order valence-electron chi connectivity index (χ0n) is 13.8. The highest BCUT2D eigenvalue weighted by Crippen LogP contribution is 2.10. The molecular formula is C15H26IN3O3S. The fraction of sp³-hybridized carbons (Fsp3) is 0.533. The van der Waals surface area contributed by atoms with Gasteiger partial charge in [0.05, 0.1) is 25.0 Å². The molecule has 1 atom stereocenters. The lowest BCUT2D eigenvalue weighted by atomic mass is 10.1. The number of guanidine groups is 1. The summed E-state index contributed by atoms with van der Waals surface area (Å²) >= 11 is 0. The van der Waals surface area contributed by atoms with E-state index in [1.807, 2.05) is 18.2 Å². The van der Waals surface area contributed by atoms with Crippen molar-refractivity contribution in [2.24, 2.45) is 4.99 Å². The fourth-order valence-electron chi connectivity index (χ4n) is 1.78. The average Bonchev–Trinajstić information content (AvgIpc) is 2.49. The van der Waals surface area contributed by atoms with Crippen LogP contribution in [0.4, 0.5) is 0 Å². The van der Waals surface area contributed by atoms with E-state index in [9.17, 15) is 8.42 Å². The Morgan fingerprint density at radius 3 is 2.48 bits per heavy atom. The van der Waals surface area contributed by atoms with Crippen molar-refractivity contribution in [2.45, 2.75) is 13.0 Å². The van der Waals surface area contributed by atoms with Crippen molar-refractivity contribution in [1.82, 2.24) is 10.6 Å². The Labute approximate surface area is 156 Å². The molecule has 23 heavy (non-hydrogen) atoms. The van der Waals surface area contributed by atoms with E-state index in [2.05, 4.69) is 34.7 Å². The van der Waals surface area contributed by atoms with Gasteiger partial charge in [-0.3, -0.25) is 4.99 Å². The van der Waals surface area contributed by atoms with Crippen LogP contribution in [0.1, 0.15) is 18.5 Å². The van der Waals surface area contributed by atoms with Gasteiger partial charge in [0.2, 0.25) is 0 Å². The molecule has 0 aliphatic carbocycles. The monoisotopic (exact) mass is 455 g/mol. The fourth-order valence-corrected chi connectivity index (χ4v) is 2.20. The summed E-state index contributed by atoms with van der Waals surface area (Å²) in [5, 5.41) is 6.42. The molecule has 0 heterocycles. The quantitative estimate of drug-likeness (QED) is 0.270. The first kappa shape index (κ1) is 22.1. The van der Waals surface area contributed by atoms with Crippen LogP contribution in [0.5, 0.6) is 0 Å². The van der Waals surface area contributed by atoms with Crippen LogP contribution in [0, 0.1) is 0 Å². The van der Waals surface area contributed by atoms with Gasteiger partial charge < -0.3 is 15.4 Å². The number of sulfone groups is 1. The molecule has 0 radical (unpaired) electrons. The summed E-state index contributed by atoms with van der Waals surface area (Å²) in [6.07, 6.45) is 1.20. The molecule has 0 bridgehead atoms. The zero-order chi connectivity index (χ0) is 16.4. The molecule has 132 valence electrons. The molecule has 0 amide bonds. The molecule has 8 heteroatoms. The zero-order valence-corrected chi connectivity index (χ0v) is 16.9. The van der Waals surface area contributed by atoms with Crippen molar-refractivity contribution >= 4 is 39.8 Å². The number of nitrogens with one attached hydrogen (secondary N) is 2. The van der Waals surface area contributed by atoms with Gasteiger partial charge in [0.1, 0.15) is 9.84 Å². The molecule has 1 rings (SSSR count). The predicted molar refractivity (Wildman–Crippen MR) is 105 cm³/mol. The molecule has 0 aliphatic heterocycles. The Balaban J connectivity index is 0.00000484. The molecule has 1 aromatic carbocycles. The lowest BCUT2D eigenvalue weighted by Crippen LogP contribution is -2.40. The second-order valence-electron chi connectivity index (χ2n) is 5.02. The van der Waals surface area contributed by atoms with Crippen LogP contribution in [0.15, 0.2) is 35.3 Å². The number of benzene rings is 1. The van der Waals surface area contributed by atoms with E-state index in [1.165, 1.54) is 11.8 Å². The smallest absolute Gasteiger partial charge is 0.191 e. The minimum absolute atomic E-state index is 0. The SMILES string of the molecule is CN=C(NCCOCCS(C)(=O)=O)NC(C)c1ccccc1.I. The summed E-state index contributed by atoms with van der Waals surface area (Å²) in [6, 6.07) is 10.2. The highest BCUT2D eigenvalue weighted by atomic mass is 127. The van der Waals surface area contributed by atoms with Crippen LogP contribution in [-0.2, 0) is 14.6 Å². The summed E-state index contributed by atoms with van der Waals surface area (Å²) in [5.41, 5.74) is 1.18. The van der Waals surface area contributed by atoms with Crippen LogP contribution in [-0.4, -0.2) is 53.2 Å². The van der Waals surface area contributed by atoms with E-state index in [1.54, 1.807) is 7.05 Å². The molecule has 1 aromatic rings. The lowest BCUT2D eigenvalue weighted by Gasteiger charge is -2.18. The van der Waals surface area contributed by atoms with E-state index >= 15 is 0 Å². The highest BCUT2D eigenvalue weighted by molar-refractivity contribution is 14.0. The van der Waals surface area contributed by atoms with Crippen molar-refractivity contribution in [2.75, 3.05) is 38.8 Å². The van der Waals surface area contributed by atoms with E-state index in [0.29, 0.717) is 19.1 Å². The first-order valence-corrected chi connectivity index (χ1v) is 9.26. The van der Waals surface area contributed by atoms with Gasteiger partial charge in [-0.1, -0.05) is 30.3 Å². The second-order valence-corrected chi connectivity index (χ2v) is 7.28. The van der Waals surface area contributed by atoms with Crippen molar-refractivity contribution < 1.29 is 13.2 Å². The van der Waals surface area contributed by atoms with Gasteiger partial charge in [-0.15, -0.1) is 24.0 Å². The topological polar surface area (TPSA) is 79.8 Å².